The Balaban J connectivity index is 2.09. The van der Waals surface area contributed by atoms with E-state index in [2.05, 4.69) is 35.6 Å². The number of imidazole rings is 1. The van der Waals surface area contributed by atoms with Gasteiger partial charge in [0.15, 0.2) is 0 Å². The lowest BCUT2D eigenvalue weighted by Crippen LogP contribution is -2.37. The Morgan fingerprint density at radius 1 is 1.35 bits per heavy atom. The van der Waals surface area contributed by atoms with E-state index in [0.717, 1.165) is 24.4 Å². The molecule has 2 aromatic rings. The fourth-order valence-corrected chi connectivity index (χ4v) is 2.64. The number of aromatic nitrogens is 2. The zero-order valence-electron chi connectivity index (χ0n) is 10.3. The Bertz CT molecular complexity index is 545. The lowest BCUT2D eigenvalue weighted by atomic mass is 10.2. The highest BCUT2D eigenvalue weighted by molar-refractivity contribution is 5.78. The molecule has 2 heterocycles. The first-order valence-electron chi connectivity index (χ1n) is 6.12. The molecule has 2 N–H and O–H groups in total. The van der Waals surface area contributed by atoms with Crippen LogP contribution in [0.2, 0.25) is 0 Å². The molecule has 3 rings (SSSR count). The van der Waals surface area contributed by atoms with Gasteiger partial charge in [0.1, 0.15) is 0 Å². The van der Waals surface area contributed by atoms with Gasteiger partial charge >= 0.3 is 0 Å². The Morgan fingerprint density at radius 2 is 2.12 bits per heavy atom. The number of hydrogen-bond donors (Lipinski definition) is 1. The van der Waals surface area contributed by atoms with E-state index in [-0.39, 0.29) is 6.04 Å². The van der Waals surface area contributed by atoms with Crippen molar-refractivity contribution in [3.05, 3.63) is 24.3 Å². The molecule has 90 valence electrons. The van der Waals surface area contributed by atoms with Crippen LogP contribution in [-0.2, 0) is 7.05 Å². The minimum absolute atomic E-state index is 0.259. The SMILES string of the molecule is CC1C(N)CCN1c1nc2ccccc2n1C. The van der Waals surface area contributed by atoms with Gasteiger partial charge in [-0.3, -0.25) is 0 Å². The summed E-state index contributed by atoms with van der Waals surface area (Å²) in [5.41, 5.74) is 8.30. The summed E-state index contributed by atoms with van der Waals surface area (Å²) in [6.45, 7) is 3.18. The van der Waals surface area contributed by atoms with E-state index in [0.29, 0.717) is 6.04 Å². The largest absolute Gasteiger partial charge is 0.338 e. The number of aryl methyl sites for hydroxylation is 1. The molecule has 0 aliphatic carbocycles. The van der Waals surface area contributed by atoms with Crippen molar-refractivity contribution in [3.63, 3.8) is 0 Å². The fourth-order valence-electron chi connectivity index (χ4n) is 2.64. The second kappa shape index (κ2) is 3.74. The second-order valence-electron chi connectivity index (χ2n) is 4.85. The van der Waals surface area contributed by atoms with Crippen LogP contribution >= 0.6 is 0 Å². The van der Waals surface area contributed by atoms with E-state index >= 15 is 0 Å². The number of benzene rings is 1. The minimum Gasteiger partial charge on any atom is -0.338 e. The molecule has 1 aliphatic rings. The van der Waals surface area contributed by atoms with Crippen LogP contribution in [0, 0.1) is 0 Å². The van der Waals surface area contributed by atoms with Crippen molar-refractivity contribution >= 4 is 17.0 Å². The summed E-state index contributed by atoms with van der Waals surface area (Å²) < 4.78 is 2.16. The van der Waals surface area contributed by atoms with Gasteiger partial charge in [0.25, 0.3) is 0 Å². The number of nitrogens with two attached hydrogens (primary N) is 1. The van der Waals surface area contributed by atoms with Gasteiger partial charge in [-0.05, 0) is 25.5 Å². The van der Waals surface area contributed by atoms with E-state index in [1.807, 2.05) is 12.1 Å². The maximum Gasteiger partial charge on any atom is 0.206 e. The predicted octanol–water partition coefficient (Wildman–Crippen LogP) is 1.50. The molecule has 0 saturated carbocycles. The predicted molar refractivity (Wildman–Crippen MR) is 70.1 cm³/mol. The standard InChI is InChI=1S/C13H18N4/c1-9-10(14)7-8-17(9)13-15-11-5-3-4-6-12(11)16(13)2/h3-6,9-10H,7-8,14H2,1-2H3. The van der Waals surface area contributed by atoms with Crippen LogP contribution in [0.1, 0.15) is 13.3 Å². The molecule has 2 atom stereocenters. The van der Waals surface area contributed by atoms with E-state index in [4.69, 9.17) is 10.7 Å². The van der Waals surface area contributed by atoms with Crippen molar-refractivity contribution in [3.8, 4) is 0 Å². The summed E-state index contributed by atoms with van der Waals surface area (Å²) in [6.07, 6.45) is 1.05. The molecule has 0 amide bonds. The number of fused-ring (bicyclic) bond motifs is 1. The lowest BCUT2D eigenvalue weighted by Gasteiger charge is -2.24. The zero-order valence-corrected chi connectivity index (χ0v) is 10.3. The van der Waals surface area contributed by atoms with Gasteiger partial charge < -0.3 is 15.2 Å². The molecule has 1 fully saturated rings. The van der Waals surface area contributed by atoms with Crippen molar-refractivity contribution in [2.45, 2.75) is 25.4 Å². The van der Waals surface area contributed by atoms with Gasteiger partial charge in [-0.2, -0.15) is 0 Å². The highest BCUT2D eigenvalue weighted by atomic mass is 15.3. The molecule has 0 spiro atoms. The van der Waals surface area contributed by atoms with E-state index in [1.165, 1.54) is 5.52 Å². The zero-order chi connectivity index (χ0) is 12.0. The molecule has 4 nitrogen and oxygen atoms in total. The Hall–Kier alpha value is -1.55. The summed E-state index contributed by atoms with van der Waals surface area (Å²) in [7, 11) is 2.07. The first kappa shape index (κ1) is 10.6. The van der Waals surface area contributed by atoms with Gasteiger partial charge in [-0.15, -0.1) is 0 Å². The average molecular weight is 230 g/mol. The van der Waals surface area contributed by atoms with E-state index < -0.39 is 0 Å². The van der Waals surface area contributed by atoms with Crippen molar-refractivity contribution in [1.29, 1.82) is 0 Å². The average Bonchev–Trinajstić information content (AvgIpc) is 2.83. The summed E-state index contributed by atoms with van der Waals surface area (Å²) in [5.74, 6) is 1.03. The smallest absolute Gasteiger partial charge is 0.206 e. The van der Waals surface area contributed by atoms with Crippen molar-refractivity contribution in [1.82, 2.24) is 9.55 Å². The first-order chi connectivity index (χ1) is 8.18. The molecule has 0 radical (unpaired) electrons. The number of para-hydroxylation sites is 2. The summed E-state index contributed by atoms with van der Waals surface area (Å²) >= 11 is 0. The van der Waals surface area contributed by atoms with Crippen molar-refractivity contribution in [2.24, 2.45) is 12.8 Å². The quantitative estimate of drug-likeness (QED) is 0.807. The van der Waals surface area contributed by atoms with Gasteiger partial charge in [-0.25, -0.2) is 4.98 Å². The van der Waals surface area contributed by atoms with E-state index in [1.54, 1.807) is 0 Å². The molecular formula is C13H18N4. The third-order valence-corrected chi connectivity index (χ3v) is 3.84. The lowest BCUT2D eigenvalue weighted by molar-refractivity contribution is 0.614. The fraction of sp³-hybridized carbons (Fsp3) is 0.462. The molecule has 1 aliphatic heterocycles. The summed E-state index contributed by atoms with van der Waals surface area (Å²) in [6, 6.07) is 8.86. The van der Waals surface area contributed by atoms with Gasteiger partial charge in [0.05, 0.1) is 11.0 Å². The minimum atomic E-state index is 0.259. The van der Waals surface area contributed by atoms with Gasteiger partial charge in [0.2, 0.25) is 5.95 Å². The third kappa shape index (κ3) is 1.52. The van der Waals surface area contributed by atoms with Crippen LogP contribution in [0.15, 0.2) is 24.3 Å². The molecule has 1 saturated heterocycles. The van der Waals surface area contributed by atoms with Gasteiger partial charge in [-0.1, -0.05) is 12.1 Å². The Kier molecular flexibility index (Phi) is 2.33. The molecule has 17 heavy (non-hydrogen) atoms. The van der Waals surface area contributed by atoms with Crippen molar-refractivity contribution < 1.29 is 0 Å². The Labute approximate surface area is 101 Å². The van der Waals surface area contributed by atoms with Crippen LogP contribution in [-0.4, -0.2) is 28.2 Å². The summed E-state index contributed by atoms with van der Waals surface area (Å²) in [4.78, 5) is 7.02. The monoisotopic (exact) mass is 230 g/mol. The molecule has 2 unspecified atom stereocenters. The van der Waals surface area contributed by atoms with Crippen LogP contribution < -0.4 is 10.6 Å². The first-order valence-corrected chi connectivity index (χ1v) is 6.12. The molecule has 1 aromatic heterocycles. The number of anilines is 1. The summed E-state index contributed by atoms with van der Waals surface area (Å²) in [5, 5.41) is 0. The molecule has 4 heteroatoms. The van der Waals surface area contributed by atoms with Crippen LogP contribution in [0.25, 0.3) is 11.0 Å². The maximum absolute atomic E-state index is 6.07. The van der Waals surface area contributed by atoms with Crippen LogP contribution in [0.5, 0.6) is 0 Å². The topological polar surface area (TPSA) is 47.1 Å². The number of rotatable bonds is 1. The third-order valence-electron chi connectivity index (χ3n) is 3.84. The normalized spacial score (nSPS) is 24.8. The molecule has 0 bridgehead atoms. The molecule has 1 aromatic carbocycles. The van der Waals surface area contributed by atoms with Crippen molar-refractivity contribution in [2.75, 3.05) is 11.4 Å². The maximum atomic E-state index is 6.07. The van der Waals surface area contributed by atoms with Crippen LogP contribution in [0.3, 0.4) is 0 Å². The number of hydrogen-bond acceptors (Lipinski definition) is 3. The Morgan fingerprint density at radius 3 is 2.76 bits per heavy atom. The number of nitrogens with zero attached hydrogens (tertiary/aromatic N) is 3. The highest BCUT2D eigenvalue weighted by Gasteiger charge is 2.30. The molecular weight excluding hydrogens is 212 g/mol. The highest BCUT2D eigenvalue weighted by Crippen LogP contribution is 2.26. The van der Waals surface area contributed by atoms with Crippen LogP contribution in [0.4, 0.5) is 5.95 Å². The second-order valence-corrected chi connectivity index (χ2v) is 4.85. The van der Waals surface area contributed by atoms with E-state index in [9.17, 15) is 0 Å². The van der Waals surface area contributed by atoms with Gasteiger partial charge in [0, 0.05) is 25.7 Å².